The average Bonchev–Trinajstić information content (AvgIpc) is 3.12. The van der Waals surface area contributed by atoms with Crippen molar-refractivity contribution in [3.63, 3.8) is 0 Å². The summed E-state index contributed by atoms with van der Waals surface area (Å²) >= 11 is 5.91. The molecule has 2 aliphatic heterocycles. The van der Waals surface area contributed by atoms with Crippen molar-refractivity contribution in [1.82, 2.24) is 9.88 Å². The number of nitrogens with zero attached hydrogens (tertiary/aromatic N) is 3. The Morgan fingerprint density at radius 3 is 2.68 bits per heavy atom. The Kier molecular flexibility index (Phi) is 5.25. The highest BCUT2D eigenvalue weighted by Crippen LogP contribution is 2.29. The van der Waals surface area contributed by atoms with Crippen LogP contribution in [0.15, 0.2) is 34.9 Å². The fraction of sp³-hybridized carbons (Fsp3) is 0.526. The van der Waals surface area contributed by atoms with Gasteiger partial charge in [0, 0.05) is 39.0 Å². The highest BCUT2D eigenvalue weighted by molar-refractivity contribution is 6.30. The van der Waals surface area contributed by atoms with Gasteiger partial charge in [0.1, 0.15) is 23.4 Å². The molecule has 6 heteroatoms. The van der Waals surface area contributed by atoms with Gasteiger partial charge in [0.25, 0.3) is 0 Å². The number of piperazine rings is 1. The SMILES string of the molecule is Clc1ccc(N2CCN(Cc3ccc([C@@H]4CCCCO4)o3)CC2)nc1. The maximum Gasteiger partial charge on any atom is 0.133 e. The van der Waals surface area contributed by atoms with Gasteiger partial charge >= 0.3 is 0 Å². The average molecular weight is 362 g/mol. The van der Waals surface area contributed by atoms with E-state index < -0.39 is 0 Å². The smallest absolute Gasteiger partial charge is 0.133 e. The number of pyridine rings is 1. The minimum Gasteiger partial charge on any atom is -0.462 e. The lowest BCUT2D eigenvalue weighted by Gasteiger charge is -2.35. The van der Waals surface area contributed by atoms with Gasteiger partial charge in [-0.15, -0.1) is 0 Å². The van der Waals surface area contributed by atoms with Crippen LogP contribution in [0.4, 0.5) is 5.82 Å². The maximum absolute atomic E-state index is 6.04. The first kappa shape index (κ1) is 16.9. The van der Waals surface area contributed by atoms with E-state index in [9.17, 15) is 0 Å². The molecule has 5 nitrogen and oxygen atoms in total. The Morgan fingerprint density at radius 1 is 1.08 bits per heavy atom. The molecule has 134 valence electrons. The van der Waals surface area contributed by atoms with Gasteiger partial charge in [-0.25, -0.2) is 4.98 Å². The standard InChI is InChI=1S/C19H24ClN3O2/c20-15-4-7-19(21-13-15)23-10-8-22(9-11-23)14-16-5-6-18(25-16)17-3-1-2-12-24-17/h4-7,13,17H,1-3,8-12,14H2/t17-/m0/s1. The van der Waals surface area contributed by atoms with Crippen molar-refractivity contribution in [2.24, 2.45) is 0 Å². The minimum atomic E-state index is 0.148. The molecule has 0 spiro atoms. The van der Waals surface area contributed by atoms with Gasteiger partial charge in [0.15, 0.2) is 0 Å². The summed E-state index contributed by atoms with van der Waals surface area (Å²) in [6.45, 7) is 5.64. The molecular weight excluding hydrogens is 338 g/mol. The Labute approximate surface area is 153 Å². The van der Waals surface area contributed by atoms with Gasteiger partial charge in [-0.2, -0.15) is 0 Å². The fourth-order valence-electron chi connectivity index (χ4n) is 3.53. The number of hydrogen-bond donors (Lipinski definition) is 0. The molecule has 2 fully saturated rings. The summed E-state index contributed by atoms with van der Waals surface area (Å²) in [5.74, 6) is 3.01. The Balaban J connectivity index is 1.30. The van der Waals surface area contributed by atoms with Crippen LogP contribution < -0.4 is 4.90 Å². The zero-order chi connectivity index (χ0) is 17.1. The zero-order valence-electron chi connectivity index (χ0n) is 14.4. The lowest BCUT2D eigenvalue weighted by Crippen LogP contribution is -2.46. The molecule has 2 aromatic heterocycles. The monoisotopic (exact) mass is 361 g/mol. The van der Waals surface area contributed by atoms with E-state index in [4.69, 9.17) is 20.8 Å². The van der Waals surface area contributed by atoms with Crippen LogP contribution in [-0.4, -0.2) is 42.7 Å². The van der Waals surface area contributed by atoms with Crippen molar-refractivity contribution in [2.75, 3.05) is 37.7 Å². The van der Waals surface area contributed by atoms with E-state index in [0.29, 0.717) is 5.02 Å². The zero-order valence-corrected chi connectivity index (χ0v) is 15.1. The summed E-state index contributed by atoms with van der Waals surface area (Å²) in [6, 6.07) is 8.06. The van der Waals surface area contributed by atoms with E-state index >= 15 is 0 Å². The van der Waals surface area contributed by atoms with Crippen molar-refractivity contribution in [3.8, 4) is 0 Å². The van der Waals surface area contributed by atoms with Gasteiger partial charge in [-0.1, -0.05) is 11.6 Å². The Morgan fingerprint density at radius 2 is 1.96 bits per heavy atom. The lowest BCUT2D eigenvalue weighted by molar-refractivity contribution is 0.000833. The molecule has 0 saturated carbocycles. The summed E-state index contributed by atoms with van der Waals surface area (Å²) in [5, 5.41) is 0.679. The molecule has 0 N–H and O–H groups in total. The van der Waals surface area contributed by atoms with Crippen molar-refractivity contribution < 1.29 is 9.15 Å². The summed E-state index contributed by atoms with van der Waals surface area (Å²) < 4.78 is 11.9. The predicted molar refractivity (Wildman–Crippen MR) is 98.0 cm³/mol. The molecule has 0 bridgehead atoms. The second kappa shape index (κ2) is 7.77. The van der Waals surface area contributed by atoms with E-state index in [0.717, 1.165) is 69.5 Å². The number of hydrogen-bond acceptors (Lipinski definition) is 5. The third kappa shape index (κ3) is 4.17. The van der Waals surface area contributed by atoms with Crippen LogP contribution in [0.1, 0.15) is 36.9 Å². The van der Waals surface area contributed by atoms with E-state index in [1.807, 2.05) is 12.1 Å². The molecule has 0 amide bonds. The Hall–Kier alpha value is -1.56. The first-order chi connectivity index (χ1) is 12.3. The van der Waals surface area contributed by atoms with Gasteiger partial charge in [0.2, 0.25) is 0 Å². The van der Waals surface area contributed by atoms with Gasteiger partial charge in [0.05, 0.1) is 11.6 Å². The quantitative estimate of drug-likeness (QED) is 0.826. The van der Waals surface area contributed by atoms with Crippen molar-refractivity contribution in [3.05, 3.63) is 47.0 Å². The number of halogens is 1. The molecule has 0 aromatic carbocycles. The molecule has 4 heterocycles. The molecule has 2 aliphatic rings. The maximum atomic E-state index is 6.04. The molecule has 25 heavy (non-hydrogen) atoms. The molecule has 0 unspecified atom stereocenters. The van der Waals surface area contributed by atoms with Crippen LogP contribution in [0.2, 0.25) is 5.02 Å². The molecule has 1 atom stereocenters. The first-order valence-electron chi connectivity index (χ1n) is 9.07. The van der Waals surface area contributed by atoms with E-state index in [-0.39, 0.29) is 6.10 Å². The predicted octanol–water partition coefficient (Wildman–Crippen LogP) is 3.89. The summed E-state index contributed by atoms with van der Waals surface area (Å²) in [5.41, 5.74) is 0. The second-order valence-electron chi connectivity index (χ2n) is 6.76. The van der Waals surface area contributed by atoms with Gasteiger partial charge < -0.3 is 14.1 Å². The number of rotatable bonds is 4. The molecule has 4 rings (SSSR count). The minimum absolute atomic E-state index is 0.148. The lowest BCUT2D eigenvalue weighted by atomic mass is 10.1. The van der Waals surface area contributed by atoms with Crippen LogP contribution in [0.5, 0.6) is 0 Å². The first-order valence-corrected chi connectivity index (χ1v) is 9.45. The normalized spacial score (nSPS) is 22.3. The van der Waals surface area contributed by atoms with Crippen LogP contribution in [-0.2, 0) is 11.3 Å². The number of aromatic nitrogens is 1. The van der Waals surface area contributed by atoms with E-state index in [1.165, 1.54) is 6.42 Å². The highest BCUT2D eigenvalue weighted by Gasteiger charge is 2.22. The number of anilines is 1. The van der Waals surface area contributed by atoms with Crippen LogP contribution in [0, 0.1) is 0 Å². The summed E-state index contributed by atoms with van der Waals surface area (Å²) in [7, 11) is 0. The van der Waals surface area contributed by atoms with Crippen molar-refractivity contribution in [2.45, 2.75) is 31.9 Å². The van der Waals surface area contributed by atoms with Crippen LogP contribution in [0.3, 0.4) is 0 Å². The number of ether oxygens (including phenoxy) is 1. The topological polar surface area (TPSA) is 41.7 Å². The summed E-state index contributed by atoms with van der Waals surface area (Å²) in [6.07, 6.45) is 5.31. The molecule has 2 saturated heterocycles. The molecule has 0 aliphatic carbocycles. The van der Waals surface area contributed by atoms with Crippen LogP contribution >= 0.6 is 11.6 Å². The Bertz CT molecular complexity index is 674. The highest BCUT2D eigenvalue weighted by atomic mass is 35.5. The largest absolute Gasteiger partial charge is 0.462 e. The van der Waals surface area contributed by atoms with Gasteiger partial charge in [-0.3, -0.25) is 4.90 Å². The molecule has 0 radical (unpaired) electrons. The molecular formula is C19H24ClN3O2. The van der Waals surface area contributed by atoms with E-state index in [1.54, 1.807) is 6.20 Å². The van der Waals surface area contributed by atoms with Crippen molar-refractivity contribution >= 4 is 17.4 Å². The third-order valence-electron chi connectivity index (χ3n) is 4.97. The molecule has 2 aromatic rings. The van der Waals surface area contributed by atoms with Crippen molar-refractivity contribution in [1.29, 1.82) is 0 Å². The third-order valence-corrected chi connectivity index (χ3v) is 5.19. The second-order valence-corrected chi connectivity index (χ2v) is 7.19. The summed E-state index contributed by atoms with van der Waals surface area (Å²) in [4.78, 5) is 9.14. The van der Waals surface area contributed by atoms with Crippen LogP contribution in [0.25, 0.3) is 0 Å². The number of furan rings is 1. The van der Waals surface area contributed by atoms with Gasteiger partial charge in [-0.05, 0) is 43.5 Å². The fourth-order valence-corrected chi connectivity index (χ4v) is 3.64. The van der Waals surface area contributed by atoms with E-state index in [2.05, 4.69) is 26.9 Å².